The summed E-state index contributed by atoms with van der Waals surface area (Å²) in [5, 5.41) is 0. The second kappa shape index (κ2) is 27.3. The zero-order valence-corrected chi connectivity index (χ0v) is 31.5. The van der Waals surface area contributed by atoms with Crippen LogP contribution < -0.4 is 0 Å². The Labute approximate surface area is 279 Å². The van der Waals surface area contributed by atoms with Crippen LogP contribution >= 0.6 is 0 Å². The van der Waals surface area contributed by atoms with Crippen molar-refractivity contribution >= 4 is 0 Å². The van der Waals surface area contributed by atoms with Crippen molar-refractivity contribution in [2.24, 2.45) is 0 Å². The molecule has 0 radical (unpaired) electrons. The predicted molar refractivity (Wildman–Crippen MR) is 201 cm³/mol. The summed E-state index contributed by atoms with van der Waals surface area (Å²) in [5.41, 5.74) is 3.26. The summed E-state index contributed by atoms with van der Waals surface area (Å²) in [4.78, 5) is 0. The largest absolute Gasteiger partial charge is 0.320 e. The smallest absolute Gasteiger partial charge is 0.122 e. The first-order valence-electron chi connectivity index (χ1n) is 20.3. The molecule has 0 saturated carbocycles. The lowest BCUT2D eigenvalue weighted by Crippen LogP contribution is -2.56. The van der Waals surface area contributed by atoms with Gasteiger partial charge >= 0.3 is 0 Å². The fraction of sp³-hybridized carbons (Fsp3) is 0.860. The minimum Gasteiger partial charge on any atom is -0.320 e. The monoisotopic (exact) mass is 613 g/mol. The van der Waals surface area contributed by atoms with E-state index < -0.39 is 0 Å². The standard InChI is InChI=1S/C43H82N/c1-7-9-11-13-15-17-19-21-23-25-27-29-31-35-39-43(4,42-38-34-33-37-41(42)3)44(5,6)40-36-32-30-28-26-24-22-20-18-16-14-12-10-8-2/h33-34,37-38H,7-32,35-36,39-40H2,1-6H3/q+1. The van der Waals surface area contributed by atoms with Crippen molar-refractivity contribution in [2.75, 3.05) is 20.6 Å². The van der Waals surface area contributed by atoms with Crippen LogP contribution in [0.3, 0.4) is 0 Å². The summed E-state index contributed by atoms with van der Waals surface area (Å²) >= 11 is 0. The molecule has 44 heavy (non-hydrogen) atoms. The summed E-state index contributed by atoms with van der Waals surface area (Å²) < 4.78 is 1.12. The van der Waals surface area contributed by atoms with E-state index >= 15 is 0 Å². The lowest BCUT2D eigenvalue weighted by atomic mass is 9.80. The highest BCUT2D eigenvalue weighted by molar-refractivity contribution is 5.31. The fourth-order valence-corrected chi connectivity index (χ4v) is 7.55. The molecule has 1 aromatic rings. The topological polar surface area (TPSA) is 0 Å². The molecule has 258 valence electrons. The van der Waals surface area contributed by atoms with Crippen LogP contribution in [0.5, 0.6) is 0 Å². The third kappa shape index (κ3) is 19.0. The Morgan fingerprint density at radius 1 is 0.455 bits per heavy atom. The van der Waals surface area contributed by atoms with Crippen molar-refractivity contribution < 1.29 is 4.48 Å². The number of quaternary nitrogens is 1. The molecule has 0 aliphatic rings. The van der Waals surface area contributed by atoms with Gasteiger partial charge < -0.3 is 4.48 Å². The molecule has 1 unspecified atom stereocenters. The van der Waals surface area contributed by atoms with Gasteiger partial charge in [-0.25, -0.2) is 0 Å². The van der Waals surface area contributed by atoms with Crippen LogP contribution in [0.1, 0.15) is 218 Å². The highest BCUT2D eigenvalue weighted by Gasteiger charge is 2.42. The van der Waals surface area contributed by atoms with Gasteiger partial charge in [-0.3, -0.25) is 0 Å². The van der Waals surface area contributed by atoms with Gasteiger partial charge in [0.15, 0.2) is 0 Å². The molecule has 0 bridgehead atoms. The van der Waals surface area contributed by atoms with Gasteiger partial charge in [0.2, 0.25) is 0 Å². The van der Waals surface area contributed by atoms with Crippen molar-refractivity contribution in [2.45, 2.75) is 219 Å². The molecule has 1 nitrogen and oxygen atoms in total. The predicted octanol–water partition coefficient (Wildman–Crippen LogP) is 14.6. The molecule has 0 aliphatic carbocycles. The van der Waals surface area contributed by atoms with E-state index in [0.29, 0.717) is 0 Å². The number of hydrogen-bond acceptors (Lipinski definition) is 0. The van der Waals surface area contributed by atoms with Crippen LogP contribution in [-0.4, -0.2) is 25.1 Å². The number of aryl methyl sites for hydroxylation is 1. The molecule has 0 saturated heterocycles. The Hall–Kier alpha value is -0.820. The zero-order chi connectivity index (χ0) is 32.2. The zero-order valence-electron chi connectivity index (χ0n) is 31.5. The Balaban J connectivity index is 2.30. The van der Waals surface area contributed by atoms with Crippen LogP contribution in [0, 0.1) is 6.92 Å². The maximum absolute atomic E-state index is 2.58. The van der Waals surface area contributed by atoms with Crippen molar-refractivity contribution in [3.63, 3.8) is 0 Å². The Morgan fingerprint density at radius 2 is 0.773 bits per heavy atom. The average Bonchev–Trinajstić information content (AvgIpc) is 3.01. The maximum atomic E-state index is 2.58. The minimum absolute atomic E-state index is 0.193. The van der Waals surface area contributed by atoms with Gasteiger partial charge in [0.25, 0.3) is 0 Å². The van der Waals surface area contributed by atoms with Gasteiger partial charge in [0.1, 0.15) is 5.54 Å². The van der Waals surface area contributed by atoms with Crippen LogP contribution in [0.15, 0.2) is 24.3 Å². The van der Waals surface area contributed by atoms with Crippen LogP contribution in [0.4, 0.5) is 0 Å². The van der Waals surface area contributed by atoms with E-state index in [-0.39, 0.29) is 5.54 Å². The van der Waals surface area contributed by atoms with Gasteiger partial charge in [-0.05, 0) is 38.7 Å². The molecule has 0 amide bonds. The molecule has 0 aromatic heterocycles. The molecule has 1 rings (SSSR count). The Kier molecular flexibility index (Phi) is 25.6. The lowest BCUT2D eigenvalue weighted by Gasteiger charge is -2.48. The molecular weight excluding hydrogens is 530 g/mol. The second-order valence-corrected chi connectivity index (χ2v) is 15.4. The second-order valence-electron chi connectivity index (χ2n) is 15.4. The summed E-state index contributed by atoms with van der Waals surface area (Å²) in [5.74, 6) is 0. The molecule has 0 spiro atoms. The number of hydrogen-bond donors (Lipinski definition) is 0. The van der Waals surface area contributed by atoms with E-state index in [1.807, 2.05) is 0 Å². The lowest BCUT2D eigenvalue weighted by molar-refractivity contribution is -0.948. The first-order valence-corrected chi connectivity index (χ1v) is 20.3. The van der Waals surface area contributed by atoms with Crippen molar-refractivity contribution in [3.05, 3.63) is 35.4 Å². The van der Waals surface area contributed by atoms with Crippen molar-refractivity contribution in [1.82, 2.24) is 0 Å². The number of unbranched alkanes of at least 4 members (excludes halogenated alkanes) is 26. The molecule has 1 aromatic carbocycles. The summed E-state index contributed by atoms with van der Waals surface area (Å²) in [6.45, 7) is 10.8. The first kappa shape index (κ1) is 41.2. The molecule has 0 aliphatic heterocycles. The summed E-state index contributed by atoms with van der Waals surface area (Å²) in [6.07, 6.45) is 41.5. The Bertz CT molecular complexity index is 751. The van der Waals surface area contributed by atoms with Gasteiger partial charge in [0.05, 0.1) is 20.6 Å². The van der Waals surface area contributed by atoms with E-state index in [4.69, 9.17) is 0 Å². The van der Waals surface area contributed by atoms with E-state index in [9.17, 15) is 0 Å². The van der Waals surface area contributed by atoms with Crippen molar-refractivity contribution in [3.8, 4) is 0 Å². The fourth-order valence-electron chi connectivity index (χ4n) is 7.55. The molecule has 0 heterocycles. The number of benzene rings is 1. The number of nitrogens with zero attached hydrogens (tertiary/aromatic N) is 1. The highest BCUT2D eigenvalue weighted by Crippen LogP contribution is 2.39. The maximum Gasteiger partial charge on any atom is 0.122 e. The summed E-state index contributed by atoms with van der Waals surface area (Å²) in [7, 11) is 5.05. The van der Waals surface area contributed by atoms with Crippen molar-refractivity contribution in [1.29, 1.82) is 0 Å². The van der Waals surface area contributed by atoms with Crippen LogP contribution in [0.25, 0.3) is 0 Å². The molecule has 0 N–H and O–H groups in total. The average molecular weight is 613 g/mol. The van der Waals surface area contributed by atoms with E-state index in [1.165, 1.54) is 198 Å². The van der Waals surface area contributed by atoms with E-state index in [0.717, 1.165) is 4.48 Å². The molecule has 1 atom stereocenters. The molecule has 0 fully saturated rings. The van der Waals surface area contributed by atoms with E-state index in [2.05, 4.69) is 66.1 Å². The third-order valence-electron chi connectivity index (χ3n) is 11.1. The van der Waals surface area contributed by atoms with Crippen LogP contribution in [0.2, 0.25) is 0 Å². The van der Waals surface area contributed by atoms with Crippen LogP contribution in [-0.2, 0) is 5.54 Å². The van der Waals surface area contributed by atoms with Gasteiger partial charge in [0, 0.05) is 12.0 Å². The number of rotatable bonds is 32. The molecule has 1 heteroatoms. The first-order chi connectivity index (χ1) is 21.4. The minimum atomic E-state index is 0.193. The molecular formula is C43H82N+. The summed E-state index contributed by atoms with van der Waals surface area (Å²) in [6, 6.07) is 9.27. The van der Waals surface area contributed by atoms with E-state index in [1.54, 1.807) is 5.56 Å². The normalized spacial score (nSPS) is 13.4. The Morgan fingerprint density at radius 3 is 1.14 bits per heavy atom. The van der Waals surface area contributed by atoms with Gasteiger partial charge in [-0.1, -0.05) is 199 Å². The quantitative estimate of drug-likeness (QED) is 0.0561. The SMILES string of the molecule is CCCCCCCCCCCCCCCCC(C)(c1ccccc1C)[N+](C)(C)CCCCCCCCCCCCCCCC. The highest BCUT2D eigenvalue weighted by atomic mass is 15.4. The van der Waals surface area contributed by atoms with Gasteiger partial charge in [-0.15, -0.1) is 0 Å². The van der Waals surface area contributed by atoms with Gasteiger partial charge in [-0.2, -0.15) is 0 Å². The third-order valence-corrected chi connectivity index (χ3v) is 11.1.